The van der Waals surface area contributed by atoms with E-state index in [4.69, 9.17) is 14.2 Å². The molecule has 0 aliphatic heterocycles. The van der Waals surface area contributed by atoms with Crippen molar-refractivity contribution in [3.63, 3.8) is 0 Å². The van der Waals surface area contributed by atoms with Crippen LogP contribution < -0.4 is 14.2 Å². The highest BCUT2D eigenvalue weighted by Gasteiger charge is 2.06. The topological polar surface area (TPSA) is 44.8 Å². The largest absolute Gasteiger partial charge is 0.493 e. The first kappa shape index (κ1) is 21.0. The Hall–Kier alpha value is -2.27. The van der Waals surface area contributed by atoms with E-state index >= 15 is 0 Å². The van der Waals surface area contributed by atoms with Gasteiger partial charge < -0.3 is 14.2 Å². The third-order valence-corrected chi connectivity index (χ3v) is 4.42. The van der Waals surface area contributed by atoms with Gasteiger partial charge in [-0.3, -0.25) is 0 Å². The molecule has 0 bridgehead atoms. The number of unbranched alkanes of at least 4 members (excludes halogenated alkanes) is 3. The second-order valence-corrected chi connectivity index (χ2v) is 6.94. The van der Waals surface area contributed by atoms with Gasteiger partial charge in [-0.25, -0.2) is 4.79 Å². The minimum Gasteiger partial charge on any atom is -0.493 e. The molecule has 0 N–H and O–H groups in total. The lowest BCUT2D eigenvalue weighted by atomic mass is 10.2. The van der Waals surface area contributed by atoms with Crippen molar-refractivity contribution in [2.45, 2.75) is 32.6 Å². The zero-order chi connectivity index (χ0) is 19.5. The van der Waals surface area contributed by atoms with Crippen LogP contribution in [0.4, 0.5) is 0 Å². The van der Waals surface area contributed by atoms with Crippen LogP contribution in [0.3, 0.4) is 0 Å². The van der Waals surface area contributed by atoms with Gasteiger partial charge in [0.05, 0.1) is 13.7 Å². The normalized spacial score (nSPS) is 10.8. The fraction of sp³-hybridized carbons (Fsp3) is 0.318. The summed E-state index contributed by atoms with van der Waals surface area (Å²) in [6.45, 7) is 2.86. The predicted molar refractivity (Wildman–Crippen MR) is 111 cm³/mol. The van der Waals surface area contributed by atoms with Gasteiger partial charge in [-0.1, -0.05) is 48.2 Å². The van der Waals surface area contributed by atoms with E-state index in [0.29, 0.717) is 23.9 Å². The molecule has 0 aliphatic rings. The van der Waals surface area contributed by atoms with E-state index < -0.39 is 5.97 Å². The third kappa shape index (κ3) is 7.47. The monoisotopic (exact) mass is 432 g/mol. The van der Waals surface area contributed by atoms with Crippen LogP contribution in [-0.4, -0.2) is 19.7 Å². The molecule has 0 amide bonds. The van der Waals surface area contributed by atoms with E-state index in [1.54, 1.807) is 25.3 Å². The van der Waals surface area contributed by atoms with Gasteiger partial charge in [0.2, 0.25) is 0 Å². The number of hydrogen-bond acceptors (Lipinski definition) is 4. The Balaban J connectivity index is 1.92. The number of rotatable bonds is 10. The Morgan fingerprint density at radius 3 is 2.52 bits per heavy atom. The fourth-order valence-corrected chi connectivity index (χ4v) is 2.70. The molecule has 144 valence electrons. The SMILES string of the molecule is CCCCCCOc1ccc(/C=C/C(=O)Oc2ccc(Br)cc2)cc1OC. The third-order valence-electron chi connectivity index (χ3n) is 3.89. The maximum atomic E-state index is 11.9. The molecule has 0 aromatic heterocycles. The number of methoxy groups -OCH3 is 1. The van der Waals surface area contributed by atoms with Gasteiger partial charge in [-0.15, -0.1) is 0 Å². The minimum atomic E-state index is -0.437. The average molecular weight is 433 g/mol. The van der Waals surface area contributed by atoms with Crippen molar-refractivity contribution in [1.29, 1.82) is 0 Å². The lowest BCUT2D eigenvalue weighted by Gasteiger charge is -2.11. The van der Waals surface area contributed by atoms with Gasteiger partial charge in [0.15, 0.2) is 11.5 Å². The standard InChI is InChI=1S/C22H25BrO4/c1-3-4-5-6-15-26-20-13-7-17(16-21(20)25-2)8-14-22(24)27-19-11-9-18(23)10-12-19/h7-14,16H,3-6,15H2,1-2H3/b14-8+. The van der Waals surface area contributed by atoms with E-state index in [0.717, 1.165) is 16.5 Å². The summed E-state index contributed by atoms with van der Waals surface area (Å²) < 4.78 is 17.4. The molecular weight excluding hydrogens is 408 g/mol. The molecule has 2 aromatic carbocycles. The number of benzene rings is 2. The maximum Gasteiger partial charge on any atom is 0.336 e. The lowest BCUT2D eigenvalue weighted by Crippen LogP contribution is -2.03. The van der Waals surface area contributed by atoms with E-state index in [2.05, 4.69) is 22.9 Å². The van der Waals surface area contributed by atoms with Crippen molar-refractivity contribution in [2.24, 2.45) is 0 Å². The van der Waals surface area contributed by atoms with Crippen molar-refractivity contribution < 1.29 is 19.0 Å². The fourth-order valence-electron chi connectivity index (χ4n) is 2.44. The molecule has 5 heteroatoms. The van der Waals surface area contributed by atoms with Crippen LogP contribution >= 0.6 is 15.9 Å². The Morgan fingerprint density at radius 1 is 1.04 bits per heavy atom. The van der Waals surface area contributed by atoms with Crippen molar-refractivity contribution in [2.75, 3.05) is 13.7 Å². The summed E-state index contributed by atoms with van der Waals surface area (Å²) in [5.41, 5.74) is 0.831. The Bertz CT molecular complexity index is 753. The average Bonchev–Trinajstić information content (AvgIpc) is 2.68. The molecule has 0 aliphatic carbocycles. The van der Waals surface area contributed by atoms with Crippen molar-refractivity contribution in [1.82, 2.24) is 0 Å². The first-order valence-electron chi connectivity index (χ1n) is 9.08. The first-order valence-corrected chi connectivity index (χ1v) is 9.88. The number of ether oxygens (including phenoxy) is 3. The molecule has 0 atom stereocenters. The maximum absolute atomic E-state index is 11.9. The quantitative estimate of drug-likeness (QED) is 0.199. The summed E-state index contributed by atoms with van der Waals surface area (Å²) in [6.07, 6.45) is 7.70. The molecule has 27 heavy (non-hydrogen) atoms. The molecule has 0 unspecified atom stereocenters. The smallest absolute Gasteiger partial charge is 0.336 e. The molecule has 2 rings (SSSR count). The highest BCUT2D eigenvalue weighted by molar-refractivity contribution is 9.10. The van der Waals surface area contributed by atoms with E-state index in [9.17, 15) is 4.79 Å². The summed E-state index contributed by atoms with van der Waals surface area (Å²) in [4.78, 5) is 11.9. The second kappa shape index (κ2) is 11.4. The Morgan fingerprint density at radius 2 is 1.81 bits per heavy atom. The number of carbonyl (C=O) groups is 1. The zero-order valence-electron chi connectivity index (χ0n) is 15.7. The van der Waals surface area contributed by atoms with Crippen LogP contribution in [0.15, 0.2) is 53.0 Å². The van der Waals surface area contributed by atoms with Gasteiger partial charge >= 0.3 is 5.97 Å². The van der Waals surface area contributed by atoms with Gasteiger partial charge in [-0.05, 0) is 54.5 Å². The second-order valence-electron chi connectivity index (χ2n) is 6.03. The summed E-state index contributed by atoms with van der Waals surface area (Å²) in [7, 11) is 1.61. The van der Waals surface area contributed by atoms with Crippen molar-refractivity contribution in [3.05, 3.63) is 58.6 Å². The number of halogens is 1. The molecule has 4 nitrogen and oxygen atoms in total. The molecule has 0 saturated carbocycles. The Labute approximate surface area is 169 Å². The summed E-state index contributed by atoms with van der Waals surface area (Å²) in [5, 5.41) is 0. The highest BCUT2D eigenvalue weighted by atomic mass is 79.9. The summed E-state index contributed by atoms with van der Waals surface area (Å²) in [5.74, 6) is 1.42. The van der Waals surface area contributed by atoms with Crippen molar-refractivity contribution in [3.8, 4) is 17.2 Å². The summed E-state index contributed by atoms with van der Waals surface area (Å²) in [6, 6.07) is 12.7. The lowest BCUT2D eigenvalue weighted by molar-refractivity contribution is -0.128. The van der Waals surface area contributed by atoms with E-state index in [1.807, 2.05) is 30.3 Å². The van der Waals surface area contributed by atoms with Crippen molar-refractivity contribution >= 4 is 28.0 Å². The van der Waals surface area contributed by atoms with Crippen LogP contribution in [0.2, 0.25) is 0 Å². The van der Waals surface area contributed by atoms with E-state index in [-0.39, 0.29) is 0 Å². The molecule has 2 aromatic rings. The molecule has 0 heterocycles. The number of hydrogen-bond donors (Lipinski definition) is 0. The van der Waals surface area contributed by atoms with Crippen LogP contribution in [0.1, 0.15) is 38.2 Å². The zero-order valence-corrected chi connectivity index (χ0v) is 17.3. The molecule has 0 spiro atoms. The minimum absolute atomic E-state index is 0.437. The predicted octanol–water partition coefficient (Wildman–Crippen LogP) is 6.04. The number of esters is 1. The number of carbonyl (C=O) groups excluding carboxylic acids is 1. The molecule has 0 radical (unpaired) electrons. The van der Waals surface area contributed by atoms with Gasteiger partial charge in [0, 0.05) is 10.5 Å². The van der Waals surface area contributed by atoms with Gasteiger partial charge in [0.1, 0.15) is 5.75 Å². The molecule has 0 saturated heterocycles. The molecular formula is C22H25BrO4. The van der Waals surface area contributed by atoms with Crippen LogP contribution in [0.5, 0.6) is 17.2 Å². The van der Waals surface area contributed by atoms with Gasteiger partial charge in [0.25, 0.3) is 0 Å². The van der Waals surface area contributed by atoms with Crippen LogP contribution in [0.25, 0.3) is 6.08 Å². The van der Waals surface area contributed by atoms with Crippen LogP contribution in [-0.2, 0) is 4.79 Å². The highest BCUT2D eigenvalue weighted by Crippen LogP contribution is 2.29. The molecule has 0 fully saturated rings. The first-order chi connectivity index (χ1) is 13.1. The van der Waals surface area contributed by atoms with Crippen LogP contribution in [0, 0.1) is 0 Å². The summed E-state index contributed by atoms with van der Waals surface area (Å²) >= 11 is 3.34. The van der Waals surface area contributed by atoms with Gasteiger partial charge in [-0.2, -0.15) is 0 Å². The Kier molecular flexibility index (Phi) is 8.92. The van der Waals surface area contributed by atoms with E-state index in [1.165, 1.54) is 25.3 Å².